The SMILES string of the molecule is O.O.O.O=C([O-])[O-].[Zn+2].[Zn]. The molecule has 0 aliphatic heterocycles. The van der Waals surface area contributed by atoms with Crippen molar-refractivity contribution in [3.8, 4) is 0 Å². The summed E-state index contributed by atoms with van der Waals surface area (Å²) in [5.41, 5.74) is 0. The second kappa shape index (κ2) is 39.8. The molecule has 6 N–H and O–H groups in total. The molecule has 0 aromatic carbocycles. The van der Waals surface area contributed by atoms with E-state index in [0.29, 0.717) is 0 Å². The van der Waals surface area contributed by atoms with Crippen LogP contribution in [0.1, 0.15) is 0 Å². The van der Waals surface area contributed by atoms with Crippen molar-refractivity contribution in [3.05, 3.63) is 0 Å². The Balaban J connectivity index is -0.00000000450. The zero-order valence-electron chi connectivity index (χ0n) is 4.64. The summed E-state index contributed by atoms with van der Waals surface area (Å²) in [6.45, 7) is 0. The van der Waals surface area contributed by atoms with Crippen LogP contribution in [0.4, 0.5) is 4.79 Å². The van der Waals surface area contributed by atoms with Gasteiger partial charge in [0.15, 0.2) is 0 Å². The molecule has 0 aliphatic carbocycles. The summed E-state index contributed by atoms with van der Waals surface area (Å²) in [6, 6.07) is 0. The number of carbonyl (C=O) groups is 1. The monoisotopic (exact) mass is 242 g/mol. The van der Waals surface area contributed by atoms with Gasteiger partial charge in [-0.25, -0.2) is 0 Å². The molecule has 0 saturated heterocycles. The van der Waals surface area contributed by atoms with Crippen molar-refractivity contribution < 1.29 is 70.4 Å². The van der Waals surface area contributed by atoms with Crippen molar-refractivity contribution >= 4 is 6.16 Å². The second-order valence-electron chi connectivity index (χ2n) is 0.250. The first-order chi connectivity index (χ1) is 1.73. The maximum atomic E-state index is 8.33. The Hall–Kier alpha value is 0.397. The first-order valence-electron chi connectivity index (χ1n) is 0.612. The number of carboxylic acid groups (broad SMARTS) is 2. The van der Waals surface area contributed by atoms with E-state index >= 15 is 0 Å². The topological polar surface area (TPSA) is 158 Å². The van der Waals surface area contributed by atoms with Gasteiger partial charge in [0, 0.05) is 19.5 Å². The van der Waals surface area contributed by atoms with Gasteiger partial charge in [-0.1, -0.05) is 0 Å². The van der Waals surface area contributed by atoms with E-state index in [1.54, 1.807) is 0 Å². The molecule has 9 heavy (non-hydrogen) atoms. The maximum absolute atomic E-state index is 8.33. The van der Waals surface area contributed by atoms with Crippen LogP contribution in [0, 0.1) is 0 Å². The average Bonchev–Trinajstić information content (AvgIpc) is 0.811. The fourth-order valence-corrected chi connectivity index (χ4v) is 0. The van der Waals surface area contributed by atoms with Crippen LogP contribution in [-0.2, 0) is 39.0 Å². The van der Waals surface area contributed by atoms with Crippen molar-refractivity contribution in [2.75, 3.05) is 0 Å². The van der Waals surface area contributed by atoms with Crippen LogP contribution in [0.15, 0.2) is 0 Å². The molecule has 0 radical (unpaired) electrons. The Morgan fingerprint density at radius 3 is 1.00 bits per heavy atom. The Labute approximate surface area is 76.7 Å². The first kappa shape index (κ1) is 57.4. The third-order valence-electron chi connectivity index (χ3n) is 0. The normalized spacial score (nSPS) is 2.67. The molecular formula is CH6O6Zn2. The summed E-state index contributed by atoms with van der Waals surface area (Å²) in [7, 11) is 0. The van der Waals surface area contributed by atoms with Crippen molar-refractivity contribution in [3.63, 3.8) is 0 Å². The van der Waals surface area contributed by atoms with E-state index in [0.717, 1.165) is 0 Å². The number of hydrogen-bond donors (Lipinski definition) is 0. The largest absolute Gasteiger partial charge is 2.00 e. The Kier molecular flexibility index (Phi) is 254. The standard InChI is InChI=1S/CH2O3.3H2O.2Zn/c2-1(3)4;;;;;/h(H2,2,3,4);3*1H2;;/q;;;;;+2/p-2. The van der Waals surface area contributed by atoms with Crippen LogP contribution in [-0.4, -0.2) is 22.6 Å². The smallest absolute Gasteiger partial charge is 0.652 e. The maximum Gasteiger partial charge on any atom is 2.00 e. The van der Waals surface area contributed by atoms with E-state index in [2.05, 4.69) is 0 Å². The van der Waals surface area contributed by atoms with Gasteiger partial charge in [-0.15, -0.1) is 0 Å². The van der Waals surface area contributed by atoms with Gasteiger partial charge in [0.1, 0.15) is 0 Å². The molecule has 0 unspecified atom stereocenters. The van der Waals surface area contributed by atoms with Crippen molar-refractivity contribution in [1.29, 1.82) is 0 Å². The van der Waals surface area contributed by atoms with Gasteiger partial charge < -0.3 is 31.4 Å². The molecule has 0 rings (SSSR count). The van der Waals surface area contributed by atoms with E-state index in [1.165, 1.54) is 0 Å². The molecule has 0 saturated carbocycles. The van der Waals surface area contributed by atoms with Gasteiger partial charge in [0.2, 0.25) is 0 Å². The predicted molar refractivity (Wildman–Crippen MR) is 16.2 cm³/mol. The van der Waals surface area contributed by atoms with Crippen molar-refractivity contribution in [2.45, 2.75) is 0 Å². The second-order valence-corrected chi connectivity index (χ2v) is 0.250. The summed E-state index contributed by atoms with van der Waals surface area (Å²) in [5.74, 6) is 0. The van der Waals surface area contributed by atoms with E-state index in [1.807, 2.05) is 0 Å². The minimum atomic E-state index is -2.33. The fraction of sp³-hybridized carbons (Fsp3) is 0. The molecule has 0 spiro atoms. The zero-order chi connectivity index (χ0) is 3.58. The molecule has 6 nitrogen and oxygen atoms in total. The van der Waals surface area contributed by atoms with E-state index < -0.39 is 6.16 Å². The molecule has 0 amide bonds. The van der Waals surface area contributed by atoms with Crippen molar-refractivity contribution in [2.24, 2.45) is 0 Å². The third kappa shape index (κ3) is 2180. The number of carbonyl (C=O) groups excluding carboxylic acids is 1. The number of rotatable bonds is 0. The van der Waals surface area contributed by atoms with E-state index in [4.69, 9.17) is 15.0 Å². The summed E-state index contributed by atoms with van der Waals surface area (Å²) < 4.78 is 0. The average molecular weight is 245 g/mol. The van der Waals surface area contributed by atoms with Gasteiger partial charge in [-0.3, -0.25) is 0 Å². The predicted octanol–water partition coefficient (Wildman–Crippen LogP) is -4.93. The molecular weight excluding hydrogens is 239 g/mol. The minimum Gasteiger partial charge on any atom is -0.652 e. The molecule has 50 valence electrons. The molecule has 0 atom stereocenters. The molecule has 0 heterocycles. The van der Waals surface area contributed by atoms with Crippen molar-refractivity contribution in [1.82, 2.24) is 0 Å². The van der Waals surface area contributed by atoms with Gasteiger partial charge in [0.25, 0.3) is 0 Å². The molecule has 0 bridgehead atoms. The quantitative estimate of drug-likeness (QED) is 0.392. The van der Waals surface area contributed by atoms with Gasteiger partial charge in [-0.2, -0.15) is 0 Å². The van der Waals surface area contributed by atoms with Crippen LogP contribution in [0.3, 0.4) is 0 Å². The van der Waals surface area contributed by atoms with Crippen LogP contribution in [0.25, 0.3) is 0 Å². The summed E-state index contributed by atoms with van der Waals surface area (Å²) >= 11 is 0. The summed E-state index contributed by atoms with van der Waals surface area (Å²) in [6.07, 6.45) is -2.33. The summed E-state index contributed by atoms with van der Waals surface area (Å²) in [5, 5.41) is 16.7. The summed E-state index contributed by atoms with van der Waals surface area (Å²) in [4.78, 5) is 8.33. The van der Waals surface area contributed by atoms with Gasteiger partial charge in [0.05, 0.1) is 0 Å². The first-order valence-corrected chi connectivity index (χ1v) is 0.612. The molecule has 0 aliphatic rings. The van der Waals surface area contributed by atoms with Gasteiger partial charge in [-0.05, 0) is 6.16 Å². The van der Waals surface area contributed by atoms with Crippen LogP contribution < -0.4 is 10.2 Å². The van der Waals surface area contributed by atoms with Crippen LogP contribution >= 0.6 is 0 Å². The van der Waals surface area contributed by atoms with Gasteiger partial charge >= 0.3 is 19.5 Å². The third-order valence-corrected chi connectivity index (χ3v) is 0. The van der Waals surface area contributed by atoms with Crippen LogP contribution in [0.2, 0.25) is 0 Å². The zero-order valence-corrected chi connectivity index (χ0v) is 10.6. The Morgan fingerprint density at radius 2 is 1.00 bits per heavy atom. The molecule has 8 heteroatoms. The number of hydrogen-bond acceptors (Lipinski definition) is 3. The molecule has 0 aromatic heterocycles. The molecule has 0 aromatic rings. The fourth-order valence-electron chi connectivity index (χ4n) is 0. The van der Waals surface area contributed by atoms with E-state index in [-0.39, 0.29) is 55.4 Å². The minimum absolute atomic E-state index is 0. The Bertz CT molecular complexity index is 34.0. The van der Waals surface area contributed by atoms with E-state index in [9.17, 15) is 0 Å². The molecule has 0 fully saturated rings. The Morgan fingerprint density at radius 1 is 1.00 bits per heavy atom. The van der Waals surface area contributed by atoms with Crippen LogP contribution in [0.5, 0.6) is 0 Å².